The molecule has 1 heterocycles. The van der Waals surface area contributed by atoms with Crippen molar-refractivity contribution in [2.45, 2.75) is 19.4 Å². The smallest absolute Gasteiger partial charge is 0.352 e. The summed E-state index contributed by atoms with van der Waals surface area (Å²) in [6.07, 6.45) is 1.74. The second-order valence-electron chi connectivity index (χ2n) is 4.96. The molecule has 0 aliphatic carbocycles. The van der Waals surface area contributed by atoms with E-state index >= 15 is 0 Å². The fourth-order valence-electron chi connectivity index (χ4n) is 2.50. The van der Waals surface area contributed by atoms with Gasteiger partial charge in [-0.25, -0.2) is 4.79 Å². The average Bonchev–Trinajstić information content (AvgIpc) is 2.95. The molecule has 2 aromatic rings. The summed E-state index contributed by atoms with van der Waals surface area (Å²) in [5.74, 6) is -0.191. The van der Waals surface area contributed by atoms with Crippen LogP contribution in [0.3, 0.4) is 0 Å². The van der Waals surface area contributed by atoms with Gasteiger partial charge in [0.25, 0.3) is 0 Å². The van der Waals surface area contributed by atoms with Gasteiger partial charge in [-0.05, 0) is 37.1 Å². The normalized spacial score (nSPS) is 10.6. The largest absolute Gasteiger partial charge is 0.496 e. The SMILES string of the molecule is COCCCCn1c(C(=O)O)ccc1-c1ccccc1OC. The van der Waals surface area contributed by atoms with Crippen LogP contribution >= 0.6 is 0 Å². The van der Waals surface area contributed by atoms with E-state index in [9.17, 15) is 9.90 Å². The van der Waals surface area contributed by atoms with Crippen LogP contribution in [-0.2, 0) is 11.3 Å². The Balaban J connectivity index is 2.36. The number of hydrogen-bond donors (Lipinski definition) is 1. The Morgan fingerprint density at radius 2 is 1.91 bits per heavy atom. The van der Waals surface area contributed by atoms with Crippen LogP contribution in [0.1, 0.15) is 23.3 Å². The minimum Gasteiger partial charge on any atom is -0.496 e. The molecule has 0 saturated carbocycles. The predicted molar refractivity (Wildman–Crippen MR) is 84.5 cm³/mol. The monoisotopic (exact) mass is 303 g/mol. The van der Waals surface area contributed by atoms with Crippen molar-refractivity contribution in [1.29, 1.82) is 0 Å². The van der Waals surface area contributed by atoms with Crippen LogP contribution in [0.4, 0.5) is 0 Å². The maximum absolute atomic E-state index is 11.4. The van der Waals surface area contributed by atoms with Crippen molar-refractivity contribution in [3.8, 4) is 17.0 Å². The Bertz CT molecular complexity index is 633. The lowest BCUT2D eigenvalue weighted by Crippen LogP contribution is -2.10. The number of aromatic nitrogens is 1. The molecule has 0 atom stereocenters. The van der Waals surface area contributed by atoms with Crippen LogP contribution in [0.25, 0.3) is 11.3 Å². The van der Waals surface area contributed by atoms with Gasteiger partial charge in [-0.3, -0.25) is 0 Å². The first-order valence-electron chi connectivity index (χ1n) is 7.24. The third kappa shape index (κ3) is 3.49. The second kappa shape index (κ2) is 7.66. The van der Waals surface area contributed by atoms with Crippen molar-refractivity contribution in [1.82, 2.24) is 4.57 Å². The van der Waals surface area contributed by atoms with Gasteiger partial charge >= 0.3 is 5.97 Å². The molecule has 0 radical (unpaired) electrons. The third-order valence-electron chi connectivity index (χ3n) is 3.56. The van der Waals surface area contributed by atoms with Gasteiger partial charge < -0.3 is 19.1 Å². The molecule has 0 aliphatic rings. The number of ether oxygens (including phenoxy) is 2. The molecule has 0 fully saturated rings. The highest BCUT2D eigenvalue weighted by molar-refractivity contribution is 5.88. The van der Waals surface area contributed by atoms with Gasteiger partial charge in [0.05, 0.1) is 12.8 Å². The molecule has 1 N–H and O–H groups in total. The highest BCUT2D eigenvalue weighted by Gasteiger charge is 2.17. The quantitative estimate of drug-likeness (QED) is 0.760. The first kappa shape index (κ1) is 16.1. The number of rotatable bonds is 8. The first-order chi connectivity index (χ1) is 10.7. The zero-order chi connectivity index (χ0) is 15.9. The van der Waals surface area contributed by atoms with Crippen LogP contribution in [0, 0.1) is 0 Å². The van der Waals surface area contributed by atoms with Crippen molar-refractivity contribution < 1.29 is 19.4 Å². The Hall–Kier alpha value is -2.27. The molecular weight excluding hydrogens is 282 g/mol. The standard InChI is InChI=1S/C17H21NO4/c1-21-12-6-5-11-18-14(9-10-15(18)17(19)20)13-7-3-4-8-16(13)22-2/h3-4,7-10H,5-6,11-12H2,1-2H3,(H,19,20). The molecule has 0 bridgehead atoms. The van der Waals surface area contributed by atoms with Gasteiger partial charge in [0.1, 0.15) is 11.4 Å². The van der Waals surface area contributed by atoms with Crippen LogP contribution < -0.4 is 4.74 Å². The molecule has 1 aromatic carbocycles. The molecule has 1 aromatic heterocycles. The minimum atomic E-state index is -0.923. The van der Waals surface area contributed by atoms with Crippen molar-refractivity contribution >= 4 is 5.97 Å². The lowest BCUT2D eigenvalue weighted by molar-refractivity contribution is 0.0685. The summed E-state index contributed by atoms with van der Waals surface area (Å²) in [7, 11) is 3.28. The molecule has 118 valence electrons. The number of para-hydroxylation sites is 1. The molecule has 2 rings (SSSR count). The van der Waals surface area contributed by atoms with E-state index in [1.807, 2.05) is 34.9 Å². The molecule has 0 unspecified atom stereocenters. The zero-order valence-corrected chi connectivity index (χ0v) is 12.9. The van der Waals surface area contributed by atoms with Gasteiger partial charge in [0.15, 0.2) is 0 Å². The van der Waals surface area contributed by atoms with Crippen molar-refractivity contribution in [3.05, 3.63) is 42.1 Å². The molecule has 0 spiro atoms. The van der Waals surface area contributed by atoms with E-state index in [0.717, 1.165) is 29.8 Å². The van der Waals surface area contributed by atoms with E-state index in [1.54, 1.807) is 20.3 Å². The minimum absolute atomic E-state index is 0.290. The van der Waals surface area contributed by atoms with Crippen LogP contribution in [0.5, 0.6) is 5.75 Å². The topological polar surface area (TPSA) is 60.7 Å². The fraction of sp³-hybridized carbons (Fsp3) is 0.353. The Kier molecular flexibility index (Phi) is 5.61. The number of aromatic carboxylic acids is 1. The average molecular weight is 303 g/mol. The van der Waals surface area contributed by atoms with Gasteiger partial charge in [-0.1, -0.05) is 12.1 Å². The lowest BCUT2D eigenvalue weighted by atomic mass is 10.1. The van der Waals surface area contributed by atoms with Gasteiger partial charge in [-0.2, -0.15) is 0 Å². The molecule has 0 saturated heterocycles. The number of nitrogens with zero attached hydrogens (tertiary/aromatic N) is 1. The number of carboxylic acid groups (broad SMARTS) is 1. The highest BCUT2D eigenvalue weighted by Crippen LogP contribution is 2.31. The fourth-order valence-corrected chi connectivity index (χ4v) is 2.50. The summed E-state index contributed by atoms with van der Waals surface area (Å²) >= 11 is 0. The summed E-state index contributed by atoms with van der Waals surface area (Å²) in [4.78, 5) is 11.4. The van der Waals surface area contributed by atoms with E-state index in [-0.39, 0.29) is 0 Å². The number of carbonyl (C=O) groups is 1. The second-order valence-corrected chi connectivity index (χ2v) is 4.96. The molecule has 0 amide bonds. The van der Waals surface area contributed by atoms with Gasteiger partial charge in [0.2, 0.25) is 0 Å². The number of hydrogen-bond acceptors (Lipinski definition) is 3. The number of unbranched alkanes of at least 4 members (excludes halogenated alkanes) is 1. The Morgan fingerprint density at radius 1 is 1.14 bits per heavy atom. The third-order valence-corrected chi connectivity index (χ3v) is 3.56. The maximum Gasteiger partial charge on any atom is 0.352 e. The molecule has 5 nitrogen and oxygen atoms in total. The molecule has 0 aliphatic heterocycles. The predicted octanol–water partition coefficient (Wildman–Crippen LogP) is 3.29. The summed E-state index contributed by atoms with van der Waals surface area (Å²) in [5.41, 5.74) is 2.04. The molecule has 22 heavy (non-hydrogen) atoms. The maximum atomic E-state index is 11.4. The van der Waals surface area contributed by atoms with Gasteiger partial charge in [-0.15, -0.1) is 0 Å². The summed E-state index contributed by atoms with van der Waals surface area (Å²) in [6.45, 7) is 1.30. The first-order valence-corrected chi connectivity index (χ1v) is 7.24. The highest BCUT2D eigenvalue weighted by atomic mass is 16.5. The van der Waals surface area contributed by atoms with Crippen molar-refractivity contribution in [2.75, 3.05) is 20.8 Å². The number of benzene rings is 1. The number of carboxylic acids is 1. The summed E-state index contributed by atoms with van der Waals surface area (Å²) in [6, 6.07) is 11.1. The van der Waals surface area contributed by atoms with Crippen LogP contribution in [0.2, 0.25) is 0 Å². The Labute approximate surface area is 130 Å². The lowest BCUT2D eigenvalue weighted by Gasteiger charge is -2.14. The molecule has 5 heteroatoms. The van der Waals surface area contributed by atoms with Crippen molar-refractivity contribution in [3.63, 3.8) is 0 Å². The Morgan fingerprint density at radius 3 is 2.59 bits per heavy atom. The van der Waals surface area contributed by atoms with Crippen LogP contribution in [0.15, 0.2) is 36.4 Å². The van der Waals surface area contributed by atoms with E-state index in [2.05, 4.69) is 0 Å². The van der Waals surface area contributed by atoms with E-state index < -0.39 is 5.97 Å². The van der Waals surface area contributed by atoms with E-state index in [0.29, 0.717) is 18.8 Å². The number of methoxy groups -OCH3 is 2. The van der Waals surface area contributed by atoms with Gasteiger partial charge in [0, 0.05) is 25.8 Å². The summed E-state index contributed by atoms with van der Waals surface area (Å²) < 4.78 is 12.3. The van der Waals surface area contributed by atoms with Crippen LogP contribution in [-0.4, -0.2) is 36.5 Å². The zero-order valence-electron chi connectivity index (χ0n) is 12.9. The van der Waals surface area contributed by atoms with E-state index in [4.69, 9.17) is 9.47 Å². The van der Waals surface area contributed by atoms with Crippen molar-refractivity contribution in [2.24, 2.45) is 0 Å². The van der Waals surface area contributed by atoms with E-state index in [1.165, 1.54) is 0 Å². The molecular formula is C17H21NO4. The summed E-state index contributed by atoms with van der Waals surface area (Å²) in [5, 5.41) is 9.38.